The number of hydrogen-bond donors (Lipinski definition) is 5. The number of carbonyl (C=O) groups is 3. The molecule has 1 unspecified atom stereocenters. The number of ether oxygens (including phenoxy) is 2. The summed E-state index contributed by atoms with van der Waals surface area (Å²) < 4.78 is 32.5. The van der Waals surface area contributed by atoms with Gasteiger partial charge in [-0.3, -0.25) is 23.4 Å². The SMILES string of the molecule is CC/C=C\C/C=C\C/C=C\CCCCCCCC(=O)OC[C@H](COP(=O)(O)OC[C@H](N)C(=O)O)OC(=O)CCC/C=C\[C@@H](O)/C=C/C=C\C/C=C\C=C\[C@@H](O)C/C=C\CC. The highest BCUT2D eigenvalue weighted by Crippen LogP contribution is 2.43. The van der Waals surface area contributed by atoms with E-state index in [4.69, 9.17) is 24.8 Å². The van der Waals surface area contributed by atoms with Gasteiger partial charge < -0.3 is 35.4 Å². The standard InChI is InChI=1S/C46H72NO12P/c1-3-5-7-8-9-10-11-12-13-14-15-16-20-23-29-35-44(50)56-37-42(38-57-60(54,55)58-39-43(47)46(52)53)59-45(51)36-30-24-28-34-41(49)33-27-22-19-17-18-21-26-32-40(48)31-25-6-4-2/h5-7,9-10,12-13,18-19,21-22,25-28,32-34,40-43,48-49H,3-4,8,11,14-17,20,23-24,29-31,35-39,47H2,1-2H3,(H,52,53)(H,54,55)/b7-5-,10-9-,13-12-,21-18-,22-19-,25-6-,32-26+,33-27+,34-28-/t40-,41-,42+,43-/m0/s1. The first-order valence-electron chi connectivity index (χ1n) is 21.1. The summed E-state index contributed by atoms with van der Waals surface area (Å²) in [6.45, 7) is 2.26. The highest BCUT2D eigenvalue weighted by Gasteiger charge is 2.28. The molecule has 338 valence electrons. The lowest BCUT2D eigenvalue weighted by Gasteiger charge is -2.20. The van der Waals surface area contributed by atoms with Crippen molar-refractivity contribution in [3.05, 3.63) is 109 Å². The molecule has 0 radical (unpaired) electrons. The van der Waals surface area contributed by atoms with Gasteiger partial charge in [-0.15, -0.1) is 0 Å². The molecule has 0 aromatic carbocycles. The van der Waals surface area contributed by atoms with Crippen LogP contribution in [0, 0.1) is 0 Å². The first-order valence-corrected chi connectivity index (χ1v) is 22.6. The quantitative estimate of drug-likeness (QED) is 0.0130. The third kappa shape index (κ3) is 38.3. The first kappa shape index (κ1) is 56.1. The zero-order valence-electron chi connectivity index (χ0n) is 35.7. The van der Waals surface area contributed by atoms with E-state index >= 15 is 0 Å². The van der Waals surface area contributed by atoms with Crippen LogP contribution in [0.3, 0.4) is 0 Å². The summed E-state index contributed by atoms with van der Waals surface area (Å²) in [4.78, 5) is 45.9. The third-order valence-electron chi connectivity index (χ3n) is 8.19. The smallest absolute Gasteiger partial charge is 0.472 e. The summed E-state index contributed by atoms with van der Waals surface area (Å²) >= 11 is 0. The first-order chi connectivity index (χ1) is 28.9. The molecule has 14 heteroatoms. The molecule has 6 N–H and O–H groups in total. The summed E-state index contributed by atoms with van der Waals surface area (Å²) in [6.07, 6.45) is 43.7. The number of unbranched alkanes of at least 4 members (excludes halogenated alkanes) is 6. The van der Waals surface area contributed by atoms with Crippen LogP contribution in [-0.4, -0.2) is 82.3 Å². The van der Waals surface area contributed by atoms with E-state index in [1.807, 2.05) is 49.5 Å². The van der Waals surface area contributed by atoms with Crippen LogP contribution in [0.1, 0.15) is 117 Å². The van der Waals surface area contributed by atoms with Crippen LogP contribution in [0.15, 0.2) is 109 Å². The van der Waals surface area contributed by atoms with Gasteiger partial charge in [0.2, 0.25) is 0 Å². The van der Waals surface area contributed by atoms with Gasteiger partial charge in [-0.25, -0.2) is 4.57 Å². The second-order valence-corrected chi connectivity index (χ2v) is 15.2. The molecule has 0 aliphatic rings. The zero-order chi connectivity index (χ0) is 44.5. The molecule has 60 heavy (non-hydrogen) atoms. The summed E-state index contributed by atoms with van der Waals surface area (Å²) in [6, 6.07) is -1.56. The van der Waals surface area contributed by atoms with Crippen LogP contribution in [0.5, 0.6) is 0 Å². The largest absolute Gasteiger partial charge is 0.480 e. The predicted molar refractivity (Wildman–Crippen MR) is 238 cm³/mol. The summed E-state index contributed by atoms with van der Waals surface area (Å²) in [5.41, 5.74) is 5.31. The maximum atomic E-state index is 12.6. The summed E-state index contributed by atoms with van der Waals surface area (Å²) in [5, 5.41) is 28.9. The number of phosphoric acid groups is 1. The third-order valence-corrected chi connectivity index (χ3v) is 9.14. The Hall–Kier alpha value is -3.94. The molecule has 0 aliphatic carbocycles. The van der Waals surface area contributed by atoms with E-state index < -0.39 is 69.9 Å². The maximum absolute atomic E-state index is 12.6. The number of carbonyl (C=O) groups excluding carboxylic acids is 2. The van der Waals surface area contributed by atoms with Crippen LogP contribution >= 0.6 is 7.82 Å². The molecular weight excluding hydrogens is 789 g/mol. The molecule has 0 fully saturated rings. The van der Waals surface area contributed by atoms with E-state index in [1.165, 1.54) is 0 Å². The molecule has 0 aliphatic heterocycles. The van der Waals surface area contributed by atoms with Gasteiger partial charge in [-0.05, 0) is 70.6 Å². The van der Waals surface area contributed by atoms with Crippen molar-refractivity contribution in [1.29, 1.82) is 0 Å². The lowest BCUT2D eigenvalue weighted by atomic mass is 10.1. The van der Waals surface area contributed by atoms with Crippen LogP contribution in [0.25, 0.3) is 0 Å². The number of esters is 2. The topological polar surface area (TPSA) is 212 Å². The molecule has 0 heterocycles. The van der Waals surface area contributed by atoms with Gasteiger partial charge in [-0.2, -0.15) is 0 Å². The molecule has 5 atom stereocenters. The number of carboxylic acids is 1. The average molecular weight is 862 g/mol. The predicted octanol–water partition coefficient (Wildman–Crippen LogP) is 9.00. The van der Waals surface area contributed by atoms with E-state index in [-0.39, 0.29) is 12.8 Å². The van der Waals surface area contributed by atoms with Crippen LogP contribution in [-0.2, 0) is 37.5 Å². The second kappa shape index (κ2) is 39.2. The lowest BCUT2D eigenvalue weighted by Crippen LogP contribution is -2.34. The fraction of sp³-hybridized carbons (Fsp3) is 0.543. The maximum Gasteiger partial charge on any atom is 0.472 e. The summed E-state index contributed by atoms with van der Waals surface area (Å²) in [5.74, 6) is -2.63. The van der Waals surface area contributed by atoms with Gasteiger partial charge in [0, 0.05) is 12.8 Å². The second-order valence-electron chi connectivity index (χ2n) is 13.8. The fourth-order valence-corrected chi connectivity index (χ4v) is 5.65. The number of carboxylic acid groups (broad SMARTS) is 1. The summed E-state index contributed by atoms with van der Waals surface area (Å²) in [7, 11) is -4.78. The molecular formula is C46H72NO12P. The minimum absolute atomic E-state index is 0.0361. The lowest BCUT2D eigenvalue weighted by molar-refractivity contribution is -0.161. The minimum Gasteiger partial charge on any atom is -0.480 e. The molecule has 0 aromatic rings. The Labute approximate surface area is 358 Å². The normalized spacial score (nSPS) is 15.8. The Morgan fingerprint density at radius 2 is 1.18 bits per heavy atom. The Bertz CT molecular complexity index is 1460. The van der Waals surface area contributed by atoms with Gasteiger partial charge in [0.05, 0.1) is 25.4 Å². The Morgan fingerprint density at radius 3 is 1.88 bits per heavy atom. The van der Waals surface area contributed by atoms with E-state index in [1.54, 1.807) is 30.4 Å². The fourth-order valence-electron chi connectivity index (χ4n) is 4.88. The van der Waals surface area contributed by atoms with Gasteiger partial charge in [0.25, 0.3) is 0 Å². The van der Waals surface area contributed by atoms with Crippen molar-refractivity contribution in [2.75, 3.05) is 19.8 Å². The van der Waals surface area contributed by atoms with E-state index in [0.717, 1.165) is 57.8 Å². The van der Waals surface area contributed by atoms with Crippen molar-refractivity contribution in [1.82, 2.24) is 0 Å². The average Bonchev–Trinajstić information content (AvgIpc) is 3.21. The minimum atomic E-state index is -4.78. The number of allylic oxidation sites excluding steroid dienone is 14. The number of hydrogen-bond acceptors (Lipinski definition) is 11. The van der Waals surface area contributed by atoms with Crippen molar-refractivity contribution < 1.29 is 57.7 Å². The van der Waals surface area contributed by atoms with Crippen molar-refractivity contribution in [2.45, 2.75) is 141 Å². The van der Waals surface area contributed by atoms with Crippen molar-refractivity contribution >= 4 is 25.7 Å². The van der Waals surface area contributed by atoms with E-state index in [0.29, 0.717) is 32.1 Å². The van der Waals surface area contributed by atoms with Crippen molar-refractivity contribution in [2.24, 2.45) is 5.73 Å². The van der Waals surface area contributed by atoms with E-state index in [2.05, 4.69) is 47.9 Å². The molecule has 13 nitrogen and oxygen atoms in total. The van der Waals surface area contributed by atoms with Crippen molar-refractivity contribution in [3.8, 4) is 0 Å². The number of aliphatic carboxylic acids is 1. The Balaban J connectivity index is 4.69. The van der Waals surface area contributed by atoms with Crippen LogP contribution in [0.2, 0.25) is 0 Å². The zero-order valence-corrected chi connectivity index (χ0v) is 36.6. The van der Waals surface area contributed by atoms with E-state index in [9.17, 15) is 34.1 Å². The molecule has 0 aromatic heterocycles. The van der Waals surface area contributed by atoms with Gasteiger partial charge in [0.1, 0.15) is 12.6 Å². The number of phosphoric ester groups is 1. The molecule has 0 saturated heterocycles. The van der Waals surface area contributed by atoms with Gasteiger partial charge >= 0.3 is 25.7 Å². The highest BCUT2D eigenvalue weighted by molar-refractivity contribution is 7.47. The molecule has 0 saturated carbocycles. The molecule has 0 rings (SSSR count). The molecule has 0 amide bonds. The van der Waals surface area contributed by atoms with Gasteiger partial charge in [0.15, 0.2) is 6.10 Å². The number of nitrogens with two attached hydrogens (primary N) is 1. The molecule has 0 bridgehead atoms. The number of aliphatic hydroxyl groups excluding tert-OH is 2. The van der Waals surface area contributed by atoms with Gasteiger partial charge in [-0.1, -0.05) is 142 Å². The van der Waals surface area contributed by atoms with Crippen LogP contribution in [0.4, 0.5) is 0 Å². The molecule has 0 spiro atoms. The monoisotopic (exact) mass is 861 g/mol. The highest BCUT2D eigenvalue weighted by atomic mass is 31.2. The van der Waals surface area contributed by atoms with Crippen LogP contribution < -0.4 is 5.73 Å². The number of rotatable bonds is 37. The van der Waals surface area contributed by atoms with Crippen molar-refractivity contribution in [3.63, 3.8) is 0 Å². The number of aliphatic hydroxyl groups is 2. The Morgan fingerprint density at radius 1 is 0.617 bits per heavy atom. The Kier molecular flexibility index (Phi) is 36.6.